The summed E-state index contributed by atoms with van der Waals surface area (Å²) in [4.78, 5) is 23.0. The molecule has 0 rings (SSSR count). The molecule has 4 nitrogen and oxygen atoms in total. The second kappa shape index (κ2) is 10.9. The summed E-state index contributed by atoms with van der Waals surface area (Å²) in [6, 6.07) is -0.782. The van der Waals surface area contributed by atoms with E-state index in [1.54, 1.807) is 11.8 Å². The summed E-state index contributed by atoms with van der Waals surface area (Å²) >= 11 is 1.58. The molecule has 0 unspecified atom stereocenters. The lowest BCUT2D eigenvalue weighted by molar-refractivity contribution is -0.141. The molecule has 0 aliphatic heterocycles. The number of hydrogen-bond donors (Lipinski definition) is 2. The van der Waals surface area contributed by atoms with Crippen LogP contribution < -0.4 is 5.32 Å². The molecular weight excluding hydrogens is 298 g/mol. The summed E-state index contributed by atoms with van der Waals surface area (Å²) in [5.74, 6) is 0.904. The highest BCUT2D eigenvalue weighted by molar-refractivity contribution is 7.99. The number of carboxylic acids is 1. The molecule has 0 saturated carbocycles. The molecule has 0 radical (unpaired) electrons. The highest BCUT2D eigenvalue weighted by Crippen LogP contribution is 2.20. The molecule has 0 aromatic carbocycles. The van der Waals surface area contributed by atoms with Gasteiger partial charge in [0.1, 0.15) is 6.04 Å². The van der Waals surface area contributed by atoms with Gasteiger partial charge in [0.25, 0.3) is 0 Å². The van der Waals surface area contributed by atoms with Gasteiger partial charge in [0.05, 0.1) is 0 Å². The van der Waals surface area contributed by atoms with Crippen molar-refractivity contribution in [3.05, 3.63) is 0 Å². The number of rotatable bonds is 11. The predicted octanol–water partition coefficient (Wildman–Crippen LogP) is 3.94. The number of carbonyl (C=O) groups excluding carboxylic acids is 1. The molecule has 0 aliphatic rings. The van der Waals surface area contributed by atoms with Crippen LogP contribution in [0.2, 0.25) is 0 Å². The lowest BCUT2D eigenvalue weighted by Crippen LogP contribution is -2.42. The highest BCUT2D eigenvalue weighted by atomic mass is 32.2. The summed E-state index contributed by atoms with van der Waals surface area (Å²) in [6.07, 6.45) is 4.60. The monoisotopic (exact) mass is 331 g/mol. The quantitative estimate of drug-likeness (QED) is 0.563. The Morgan fingerprint density at radius 2 is 1.77 bits per heavy atom. The number of amides is 1. The molecule has 0 bridgehead atoms. The van der Waals surface area contributed by atoms with Crippen LogP contribution in [0.15, 0.2) is 0 Å². The van der Waals surface area contributed by atoms with E-state index in [1.807, 2.05) is 0 Å². The average Bonchev–Trinajstić information content (AvgIpc) is 2.35. The van der Waals surface area contributed by atoms with Crippen molar-refractivity contribution in [1.29, 1.82) is 0 Å². The second-order valence-corrected chi connectivity index (χ2v) is 8.56. The van der Waals surface area contributed by atoms with Gasteiger partial charge in [-0.2, -0.15) is 11.8 Å². The largest absolute Gasteiger partial charge is 0.480 e. The van der Waals surface area contributed by atoms with Crippen molar-refractivity contribution in [2.75, 3.05) is 11.5 Å². The maximum Gasteiger partial charge on any atom is 0.327 e. The molecule has 2 N–H and O–H groups in total. The van der Waals surface area contributed by atoms with Crippen molar-refractivity contribution in [3.8, 4) is 0 Å². The van der Waals surface area contributed by atoms with E-state index in [-0.39, 0.29) is 11.3 Å². The zero-order chi connectivity index (χ0) is 17.2. The topological polar surface area (TPSA) is 66.4 Å². The first-order valence-corrected chi connectivity index (χ1v) is 9.37. The molecule has 5 heteroatoms. The Bertz CT molecular complexity index is 337. The molecule has 0 heterocycles. The van der Waals surface area contributed by atoms with E-state index in [0.717, 1.165) is 25.0 Å². The highest BCUT2D eigenvalue weighted by Gasteiger charge is 2.21. The number of carboxylic acid groups (broad SMARTS) is 1. The molecule has 22 heavy (non-hydrogen) atoms. The van der Waals surface area contributed by atoms with E-state index >= 15 is 0 Å². The van der Waals surface area contributed by atoms with Crippen LogP contribution in [0.1, 0.15) is 66.7 Å². The number of nitrogens with one attached hydrogen (secondary N) is 1. The zero-order valence-electron chi connectivity index (χ0n) is 14.8. The van der Waals surface area contributed by atoms with Gasteiger partial charge in [-0.15, -0.1) is 0 Å². The molecule has 130 valence electrons. The van der Waals surface area contributed by atoms with E-state index < -0.39 is 12.0 Å². The summed E-state index contributed by atoms with van der Waals surface area (Å²) in [7, 11) is 0. The molecule has 0 aromatic heterocycles. The molecule has 0 aromatic rings. The van der Waals surface area contributed by atoms with Gasteiger partial charge >= 0.3 is 5.97 Å². The minimum atomic E-state index is -0.949. The first-order valence-electron chi connectivity index (χ1n) is 8.21. The van der Waals surface area contributed by atoms with Crippen molar-refractivity contribution < 1.29 is 14.7 Å². The van der Waals surface area contributed by atoms with Crippen LogP contribution >= 0.6 is 11.8 Å². The van der Waals surface area contributed by atoms with Gasteiger partial charge in [-0.25, -0.2) is 4.79 Å². The number of aliphatic carboxylic acids is 1. The maximum atomic E-state index is 11.8. The van der Waals surface area contributed by atoms with Gasteiger partial charge < -0.3 is 10.4 Å². The average molecular weight is 332 g/mol. The SMILES string of the molecule is CC(C)CCCCCC(=O)N[C@@H](CSCC(C)(C)C)C(=O)O. The van der Waals surface area contributed by atoms with Crippen LogP contribution in [0.5, 0.6) is 0 Å². The number of thioether (sulfide) groups is 1. The van der Waals surface area contributed by atoms with Crippen molar-refractivity contribution >= 4 is 23.6 Å². The third-order valence-electron chi connectivity index (χ3n) is 3.14. The zero-order valence-corrected chi connectivity index (χ0v) is 15.6. The Morgan fingerprint density at radius 3 is 2.27 bits per heavy atom. The van der Waals surface area contributed by atoms with Gasteiger partial charge in [-0.1, -0.05) is 53.9 Å². The van der Waals surface area contributed by atoms with Gasteiger partial charge in [0.2, 0.25) is 5.91 Å². The third-order valence-corrected chi connectivity index (χ3v) is 4.78. The van der Waals surface area contributed by atoms with Crippen LogP contribution in [0.25, 0.3) is 0 Å². The standard InChI is InChI=1S/C17H33NO3S/c1-13(2)9-7-6-8-10-15(19)18-14(16(20)21)11-22-12-17(3,4)5/h13-14H,6-12H2,1-5H3,(H,18,19)(H,20,21)/t14-/m0/s1. The predicted molar refractivity (Wildman–Crippen MR) is 94.3 cm³/mol. The number of carbonyl (C=O) groups is 2. The molecule has 1 atom stereocenters. The van der Waals surface area contributed by atoms with E-state index in [1.165, 1.54) is 6.42 Å². The lowest BCUT2D eigenvalue weighted by atomic mass is 10.0. The van der Waals surface area contributed by atoms with E-state index in [0.29, 0.717) is 18.1 Å². The van der Waals surface area contributed by atoms with Gasteiger partial charge in [-0.05, 0) is 23.5 Å². The number of hydrogen-bond acceptors (Lipinski definition) is 3. The summed E-state index contributed by atoms with van der Waals surface area (Å²) in [6.45, 7) is 10.7. The first-order chi connectivity index (χ1) is 10.1. The van der Waals surface area contributed by atoms with Crippen molar-refractivity contribution in [2.24, 2.45) is 11.3 Å². The summed E-state index contributed by atoms with van der Waals surface area (Å²) in [5.41, 5.74) is 0.161. The Labute approximate surface area is 139 Å². The normalized spacial score (nSPS) is 13.2. The summed E-state index contributed by atoms with van der Waals surface area (Å²) in [5, 5.41) is 11.8. The molecule has 0 saturated heterocycles. The Kier molecular flexibility index (Phi) is 10.6. The van der Waals surface area contributed by atoms with E-state index in [9.17, 15) is 14.7 Å². The van der Waals surface area contributed by atoms with Crippen LogP contribution in [0.3, 0.4) is 0 Å². The number of unbranched alkanes of at least 4 members (excludes halogenated alkanes) is 2. The van der Waals surface area contributed by atoms with Crippen molar-refractivity contribution in [2.45, 2.75) is 72.8 Å². The van der Waals surface area contributed by atoms with Crippen LogP contribution in [0, 0.1) is 11.3 Å². The molecule has 0 fully saturated rings. The molecule has 0 spiro atoms. The van der Waals surface area contributed by atoms with E-state index in [2.05, 4.69) is 39.9 Å². The van der Waals surface area contributed by atoms with E-state index in [4.69, 9.17) is 0 Å². The molecular formula is C17H33NO3S. The van der Waals surface area contributed by atoms with Crippen LogP contribution in [-0.2, 0) is 9.59 Å². The molecule has 0 aliphatic carbocycles. The Balaban J connectivity index is 3.96. The van der Waals surface area contributed by atoms with Crippen molar-refractivity contribution in [1.82, 2.24) is 5.32 Å². The fourth-order valence-electron chi connectivity index (χ4n) is 1.94. The minimum absolute atomic E-state index is 0.145. The fraction of sp³-hybridized carbons (Fsp3) is 0.882. The van der Waals surface area contributed by atoms with Gasteiger partial charge in [0.15, 0.2) is 0 Å². The Morgan fingerprint density at radius 1 is 1.14 bits per heavy atom. The Hall–Kier alpha value is -0.710. The summed E-state index contributed by atoms with van der Waals surface area (Å²) < 4.78 is 0. The minimum Gasteiger partial charge on any atom is -0.480 e. The second-order valence-electron chi connectivity index (χ2n) is 7.53. The fourth-order valence-corrected chi connectivity index (χ4v) is 3.13. The maximum absolute atomic E-state index is 11.8. The van der Waals surface area contributed by atoms with Gasteiger partial charge in [-0.3, -0.25) is 4.79 Å². The first kappa shape index (κ1) is 21.3. The molecule has 1 amide bonds. The third kappa shape index (κ3) is 13.0. The van der Waals surface area contributed by atoms with Crippen LogP contribution in [-0.4, -0.2) is 34.5 Å². The van der Waals surface area contributed by atoms with Crippen molar-refractivity contribution in [3.63, 3.8) is 0 Å². The van der Waals surface area contributed by atoms with Gasteiger partial charge in [0, 0.05) is 12.2 Å². The van der Waals surface area contributed by atoms with Crippen LogP contribution in [0.4, 0.5) is 0 Å². The lowest BCUT2D eigenvalue weighted by Gasteiger charge is -2.19. The smallest absolute Gasteiger partial charge is 0.327 e.